The molecule has 0 atom stereocenters. The molecule has 2 saturated heterocycles. The van der Waals surface area contributed by atoms with Gasteiger partial charge in [0.25, 0.3) is 0 Å². The number of guanidine groups is 1. The number of imide groups is 1. The first-order chi connectivity index (χ1) is 13.6. The van der Waals surface area contributed by atoms with Crippen LogP contribution < -0.4 is 10.2 Å². The van der Waals surface area contributed by atoms with E-state index in [9.17, 15) is 9.59 Å². The Bertz CT molecular complexity index is 715. The Kier molecular flexibility index (Phi) is 7.14. The number of halogens is 1. The van der Waals surface area contributed by atoms with Gasteiger partial charge in [0.05, 0.1) is 6.54 Å². The lowest BCUT2D eigenvalue weighted by Crippen LogP contribution is -2.52. The maximum Gasteiger partial charge on any atom is 0.229 e. The molecule has 2 aliphatic heterocycles. The summed E-state index contributed by atoms with van der Waals surface area (Å²) in [6.45, 7) is 7.05. The number of likely N-dealkylation sites (tertiary alicyclic amines) is 1. The fraction of sp³-hybridized carbons (Fsp3) is 0.550. The van der Waals surface area contributed by atoms with Gasteiger partial charge in [0, 0.05) is 62.8 Å². The number of hydrogen-bond donors (Lipinski definition) is 1. The highest BCUT2D eigenvalue weighted by Crippen LogP contribution is 2.20. The number of benzene rings is 1. The number of carbonyl (C=O) groups is 2. The van der Waals surface area contributed by atoms with Crippen molar-refractivity contribution in [1.29, 1.82) is 0 Å². The second-order valence-corrected chi connectivity index (χ2v) is 7.42. The average molecular weight is 406 g/mol. The summed E-state index contributed by atoms with van der Waals surface area (Å²) in [6.07, 6.45) is 1.58. The van der Waals surface area contributed by atoms with E-state index in [4.69, 9.17) is 11.6 Å². The van der Waals surface area contributed by atoms with Gasteiger partial charge in [-0.3, -0.25) is 19.5 Å². The predicted molar refractivity (Wildman–Crippen MR) is 112 cm³/mol. The Hall–Kier alpha value is -2.28. The van der Waals surface area contributed by atoms with Gasteiger partial charge in [0.2, 0.25) is 11.8 Å². The molecule has 3 rings (SSSR count). The third-order valence-electron chi connectivity index (χ3n) is 5.06. The van der Waals surface area contributed by atoms with Gasteiger partial charge in [0.1, 0.15) is 0 Å². The molecule has 2 heterocycles. The summed E-state index contributed by atoms with van der Waals surface area (Å²) in [5, 5.41) is 4.07. The maximum atomic E-state index is 11.9. The van der Waals surface area contributed by atoms with E-state index in [0.29, 0.717) is 32.4 Å². The van der Waals surface area contributed by atoms with E-state index in [-0.39, 0.29) is 11.8 Å². The molecule has 0 aliphatic carbocycles. The molecule has 152 valence electrons. The van der Waals surface area contributed by atoms with Crippen LogP contribution in [0, 0.1) is 0 Å². The average Bonchev–Trinajstić information content (AvgIpc) is 2.69. The Labute approximate surface area is 171 Å². The van der Waals surface area contributed by atoms with Crippen LogP contribution >= 0.6 is 11.6 Å². The van der Waals surface area contributed by atoms with Gasteiger partial charge >= 0.3 is 0 Å². The molecule has 1 aromatic rings. The quantitative estimate of drug-likeness (QED) is 0.461. The molecule has 0 saturated carbocycles. The van der Waals surface area contributed by atoms with Crippen LogP contribution in [-0.2, 0) is 9.59 Å². The fourth-order valence-corrected chi connectivity index (χ4v) is 3.76. The number of anilines is 1. The summed E-state index contributed by atoms with van der Waals surface area (Å²) in [4.78, 5) is 34.4. The summed E-state index contributed by atoms with van der Waals surface area (Å²) < 4.78 is 0. The highest BCUT2D eigenvalue weighted by molar-refractivity contribution is 6.30. The first-order valence-electron chi connectivity index (χ1n) is 9.95. The van der Waals surface area contributed by atoms with Crippen molar-refractivity contribution in [2.24, 2.45) is 4.99 Å². The van der Waals surface area contributed by atoms with Gasteiger partial charge in [-0.05, 0) is 31.5 Å². The number of piperazine rings is 1. The Morgan fingerprint density at radius 1 is 1.14 bits per heavy atom. The molecular formula is C20H28ClN5O2. The van der Waals surface area contributed by atoms with Crippen LogP contribution in [0.15, 0.2) is 29.3 Å². The van der Waals surface area contributed by atoms with Crippen LogP contribution in [-0.4, -0.2) is 73.4 Å². The van der Waals surface area contributed by atoms with E-state index in [2.05, 4.69) is 26.2 Å². The van der Waals surface area contributed by atoms with E-state index >= 15 is 0 Å². The monoisotopic (exact) mass is 405 g/mol. The summed E-state index contributed by atoms with van der Waals surface area (Å²) in [7, 11) is 0. The van der Waals surface area contributed by atoms with E-state index < -0.39 is 0 Å². The molecule has 2 aliphatic rings. The van der Waals surface area contributed by atoms with Crippen molar-refractivity contribution in [2.75, 3.05) is 50.7 Å². The van der Waals surface area contributed by atoms with Gasteiger partial charge in [-0.15, -0.1) is 0 Å². The molecule has 0 radical (unpaired) electrons. The number of nitrogens with one attached hydrogen (secondary N) is 1. The Balaban J connectivity index is 1.56. The van der Waals surface area contributed by atoms with Crippen molar-refractivity contribution >= 4 is 35.1 Å². The number of piperidine rings is 1. The van der Waals surface area contributed by atoms with Crippen LogP contribution in [0.5, 0.6) is 0 Å². The molecule has 2 amide bonds. The van der Waals surface area contributed by atoms with E-state index in [1.165, 1.54) is 4.90 Å². The lowest BCUT2D eigenvalue weighted by molar-refractivity contribution is -0.147. The largest absolute Gasteiger partial charge is 0.368 e. The van der Waals surface area contributed by atoms with Crippen molar-refractivity contribution in [3.63, 3.8) is 0 Å². The molecule has 0 spiro atoms. The Morgan fingerprint density at radius 2 is 1.86 bits per heavy atom. The minimum absolute atomic E-state index is 0.0772. The SMILES string of the molecule is CCNC(=NCCN1C(=O)CCCC1=O)N1CCN(c2cccc(Cl)c2)CC1. The second kappa shape index (κ2) is 9.78. The summed E-state index contributed by atoms with van der Waals surface area (Å²) in [5.74, 6) is 0.684. The fourth-order valence-electron chi connectivity index (χ4n) is 3.58. The highest BCUT2D eigenvalue weighted by Gasteiger charge is 2.25. The van der Waals surface area contributed by atoms with Gasteiger partial charge in [-0.1, -0.05) is 17.7 Å². The number of rotatable bonds is 5. The van der Waals surface area contributed by atoms with Crippen molar-refractivity contribution in [1.82, 2.24) is 15.1 Å². The number of nitrogens with zero attached hydrogens (tertiary/aromatic N) is 4. The molecule has 28 heavy (non-hydrogen) atoms. The molecule has 0 bridgehead atoms. The number of aliphatic imine (C=N–C) groups is 1. The second-order valence-electron chi connectivity index (χ2n) is 6.98. The molecule has 1 N–H and O–H groups in total. The molecule has 7 nitrogen and oxygen atoms in total. The predicted octanol–water partition coefficient (Wildman–Crippen LogP) is 1.97. The number of amides is 2. The zero-order chi connectivity index (χ0) is 19.9. The highest BCUT2D eigenvalue weighted by atomic mass is 35.5. The normalized spacial score (nSPS) is 18.6. The standard InChI is InChI=1S/C20H28ClN5O2/c1-2-22-20(23-9-10-26-18(27)7-4-8-19(26)28)25-13-11-24(12-14-25)17-6-3-5-16(21)15-17/h3,5-6,15H,2,4,7-14H2,1H3,(H,22,23). The van der Waals surface area contributed by atoms with Crippen molar-refractivity contribution < 1.29 is 9.59 Å². The first-order valence-corrected chi connectivity index (χ1v) is 10.3. The molecule has 8 heteroatoms. The van der Waals surface area contributed by atoms with E-state index in [1.807, 2.05) is 25.1 Å². The third kappa shape index (κ3) is 5.16. The van der Waals surface area contributed by atoms with Gasteiger partial charge in [-0.2, -0.15) is 0 Å². The van der Waals surface area contributed by atoms with Gasteiger partial charge in [-0.25, -0.2) is 0 Å². The zero-order valence-electron chi connectivity index (χ0n) is 16.4. The van der Waals surface area contributed by atoms with Crippen LogP contribution in [0.3, 0.4) is 0 Å². The van der Waals surface area contributed by atoms with Crippen LogP contribution in [0.1, 0.15) is 26.2 Å². The minimum Gasteiger partial charge on any atom is -0.368 e. The van der Waals surface area contributed by atoms with Gasteiger partial charge in [0.15, 0.2) is 5.96 Å². The first kappa shape index (κ1) is 20.5. The molecule has 0 aromatic heterocycles. The molecular weight excluding hydrogens is 378 g/mol. The third-order valence-corrected chi connectivity index (χ3v) is 5.29. The van der Waals surface area contributed by atoms with Crippen molar-refractivity contribution in [3.8, 4) is 0 Å². The lowest BCUT2D eigenvalue weighted by atomic mass is 10.1. The Morgan fingerprint density at radius 3 is 2.50 bits per heavy atom. The summed E-state index contributed by atoms with van der Waals surface area (Å²) >= 11 is 6.11. The topological polar surface area (TPSA) is 68.2 Å². The van der Waals surface area contributed by atoms with E-state index in [1.54, 1.807) is 0 Å². The molecule has 2 fully saturated rings. The lowest BCUT2D eigenvalue weighted by Gasteiger charge is -2.37. The van der Waals surface area contributed by atoms with Crippen molar-refractivity contribution in [2.45, 2.75) is 26.2 Å². The van der Waals surface area contributed by atoms with Gasteiger partial charge < -0.3 is 15.1 Å². The number of hydrogen-bond acceptors (Lipinski definition) is 4. The number of carbonyl (C=O) groups excluding carboxylic acids is 2. The van der Waals surface area contributed by atoms with Crippen LogP contribution in [0.2, 0.25) is 5.02 Å². The summed E-state index contributed by atoms with van der Waals surface area (Å²) in [6, 6.07) is 7.92. The maximum absolute atomic E-state index is 11.9. The summed E-state index contributed by atoms with van der Waals surface area (Å²) in [5.41, 5.74) is 1.14. The smallest absolute Gasteiger partial charge is 0.229 e. The van der Waals surface area contributed by atoms with E-state index in [0.717, 1.165) is 49.4 Å². The zero-order valence-corrected chi connectivity index (χ0v) is 17.1. The van der Waals surface area contributed by atoms with Crippen LogP contribution in [0.4, 0.5) is 5.69 Å². The molecule has 1 aromatic carbocycles. The minimum atomic E-state index is -0.0772. The van der Waals surface area contributed by atoms with Crippen LogP contribution in [0.25, 0.3) is 0 Å². The van der Waals surface area contributed by atoms with Crippen molar-refractivity contribution in [3.05, 3.63) is 29.3 Å². The molecule has 0 unspecified atom stereocenters.